The summed E-state index contributed by atoms with van der Waals surface area (Å²) in [5.41, 5.74) is -0.381. The monoisotopic (exact) mass is 301 g/mol. The zero-order chi connectivity index (χ0) is 14.0. The second-order valence-electron chi connectivity index (χ2n) is 3.59. The van der Waals surface area contributed by atoms with Crippen LogP contribution in [0.2, 0.25) is 5.02 Å². The molecule has 0 bridgehead atoms. The summed E-state index contributed by atoms with van der Waals surface area (Å²) in [6, 6.07) is 6.24. The van der Waals surface area contributed by atoms with E-state index >= 15 is 0 Å². The van der Waals surface area contributed by atoms with E-state index in [1.165, 1.54) is 0 Å². The number of benzene rings is 1. The molecule has 0 amide bonds. The Morgan fingerprint density at radius 3 is 2.53 bits per heavy atom. The number of carboxylic acid groups (broad SMARTS) is 1. The number of carboxylic acids is 1. The number of hydrogen-bond donors (Lipinski definition) is 1. The van der Waals surface area contributed by atoms with Gasteiger partial charge < -0.3 is 9.84 Å². The van der Waals surface area contributed by atoms with Crippen LogP contribution in [0.5, 0.6) is 5.75 Å². The highest BCUT2D eigenvalue weighted by molar-refractivity contribution is 7.94. The van der Waals surface area contributed by atoms with Gasteiger partial charge in [-0.25, -0.2) is 4.79 Å². The molecule has 19 heavy (non-hydrogen) atoms. The average Bonchev–Trinajstić information content (AvgIpc) is 2.64. The van der Waals surface area contributed by atoms with Crippen molar-refractivity contribution in [2.75, 3.05) is 6.61 Å². The highest BCUT2D eigenvalue weighted by Crippen LogP contribution is 2.22. The molecule has 100 valence electrons. The van der Waals surface area contributed by atoms with Gasteiger partial charge in [0.15, 0.2) is 0 Å². The van der Waals surface area contributed by atoms with Crippen molar-refractivity contribution < 1.29 is 23.1 Å². The number of ether oxygens (including phenoxy) is 1. The molecule has 0 spiro atoms. The lowest BCUT2D eigenvalue weighted by Gasteiger charge is -2.07. The lowest BCUT2D eigenvalue weighted by atomic mass is 10.3. The normalized spacial score (nSPS) is 16.7. The molecule has 0 fully saturated rings. The van der Waals surface area contributed by atoms with Crippen molar-refractivity contribution in [2.24, 2.45) is 4.40 Å². The number of sulfonamides is 1. The van der Waals surface area contributed by atoms with E-state index in [4.69, 9.17) is 21.4 Å². The first-order valence-corrected chi connectivity index (χ1v) is 6.87. The fourth-order valence-corrected chi connectivity index (χ4v) is 2.53. The minimum atomic E-state index is -3.94. The molecule has 0 aliphatic carbocycles. The topological polar surface area (TPSA) is 93.0 Å². The summed E-state index contributed by atoms with van der Waals surface area (Å²) in [5, 5.41) is 9.37. The Balaban J connectivity index is 2.20. The van der Waals surface area contributed by atoms with E-state index in [0.29, 0.717) is 10.8 Å². The largest absolute Gasteiger partial charge is 0.488 e. The third-order valence-corrected chi connectivity index (χ3v) is 3.94. The van der Waals surface area contributed by atoms with Crippen molar-refractivity contribution in [2.45, 2.75) is 0 Å². The minimum Gasteiger partial charge on any atom is -0.488 e. The van der Waals surface area contributed by atoms with Crippen LogP contribution in [0.15, 0.2) is 39.1 Å². The summed E-state index contributed by atoms with van der Waals surface area (Å²) in [6.45, 7) is -0.397. The maximum absolute atomic E-state index is 11.5. The molecule has 1 aromatic carbocycles. The van der Waals surface area contributed by atoms with Crippen molar-refractivity contribution in [1.82, 2.24) is 0 Å². The van der Waals surface area contributed by atoms with Gasteiger partial charge in [0, 0.05) is 5.02 Å². The second kappa shape index (κ2) is 5.02. The Bertz CT molecular complexity index is 676. The van der Waals surface area contributed by atoms with Gasteiger partial charge in [0.25, 0.3) is 10.0 Å². The van der Waals surface area contributed by atoms with Gasteiger partial charge in [-0.15, -0.1) is 0 Å². The molecule has 1 heterocycles. The van der Waals surface area contributed by atoms with Crippen molar-refractivity contribution in [3.8, 4) is 5.75 Å². The molecule has 0 unspecified atom stereocenters. The molecule has 0 radical (unpaired) electrons. The van der Waals surface area contributed by atoms with Gasteiger partial charge >= 0.3 is 5.97 Å². The quantitative estimate of drug-likeness (QED) is 0.909. The number of rotatable bonds is 4. The zero-order valence-electron chi connectivity index (χ0n) is 9.41. The first-order chi connectivity index (χ1) is 8.90. The number of nitrogens with zero attached hydrogens (tertiary/aromatic N) is 1. The Morgan fingerprint density at radius 1 is 1.32 bits per heavy atom. The summed E-state index contributed by atoms with van der Waals surface area (Å²) in [4.78, 5) is 10.5. The summed E-state index contributed by atoms with van der Waals surface area (Å²) in [6.07, 6.45) is 0.804. The van der Waals surface area contributed by atoms with Crippen LogP contribution in [-0.2, 0) is 14.8 Å². The molecule has 2 rings (SSSR count). The predicted molar refractivity (Wildman–Crippen MR) is 69.0 cm³/mol. The zero-order valence-corrected chi connectivity index (χ0v) is 11.0. The van der Waals surface area contributed by atoms with Crippen molar-refractivity contribution in [1.29, 1.82) is 0 Å². The van der Waals surface area contributed by atoms with Crippen molar-refractivity contribution in [3.63, 3.8) is 0 Å². The molecule has 1 aromatic rings. The third kappa shape index (κ3) is 2.94. The maximum Gasteiger partial charge on any atom is 0.338 e. The van der Waals surface area contributed by atoms with Crippen LogP contribution < -0.4 is 4.74 Å². The van der Waals surface area contributed by atoms with Crippen LogP contribution in [-0.4, -0.2) is 32.3 Å². The molecular formula is C11H8ClNO5S. The Morgan fingerprint density at radius 2 is 1.95 bits per heavy atom. The highest BCUT2D eigenvalue weighted by Gasteiger charge is 2.30. The standard InChI is InChI=1S/C11H8ClNO5S/c12-7-1-3-8(4-2-7)18-6-10-9(11(14)15)5-13-19(10,16)17/h1-5H,6H2,(H,14,15). The van der Waals surface area contributed by atoms with Crippen molar-refractivity contribution in [3.05, 3.63) is 39.8 Å². The molecule has 1 aliphatic heterocycles. The van der Waals surface area contributed by atoms with Gasteiger partial charge in [-0.05, 0) is 24.3 Å². The van der Waals surface area contributed by atoms with Crippen LogP contribution in [0, 0.1) is 0 Å². The van der Waals surface area contributed by atoms with Crippen LogP contribution in [0.25, 0.3) is 0 Å². The fourth-order valence-electron chi connectivity index (χ4n) is 1.40. The Kier molecular flexibility index (Phi) is 3.59. The smallest absolute Gasteiger partial charge is 0.338 e. The van der Waals surface area contributed by atoms with Gasteiger partial charge in [0.05, 0.1) is 11.8 Å². The first-order valence-electron chi connectivity index (χ1n) is 5.05. The third-order valence-electron chi connectivity index (χ3n) is 2.35. The predicted octanol–water partition coefficient (Wildman–Crippen LogP) is 1.47. The molecule has 0 saturated heterocycles. The summed E-state index contributed by atoms with van der Waals surface area (Å²) in [7, 11) is -3.94. The average molecular weight is 302 g/mol. The summed E-state index contributed by atoms with van der Waals surface area (Å²) in [5.74, 6) is -0.983. The Labute approximate surface area is 114 Å². The first kappa shape index (κ1) is 13.6. The Hall–Kier alpha value is -1.86. The van der Waals surface area contributed by atoms with E-state index in [2.05, 4.69) is 4.40 Å². The number of aliphatic carboxylic acids is 1. The number of hydrogen-bond acceptors (Lipinski definition) is 4. The molecular weight excluding hydrogens is 294 g/mol. The molecule has 1 aliphatic rings. The van der Waals surface area contributed by atoms with E-state index < -0.39 is 22.6 Å². The molecule has 8 heteroatoms. The van der Waals surface area contributed by atoms with Crippen LogP contribution in [0.3, 0.4) is 0 Å². The van der Waals surface area contributed by atoms with E-state index in [1.807, 2.05) is 0 Å². The van der Waals surface area contributed by atoms with Crippen LogP contribution in [0.4, 0.5) is 0 Å². The van der Waals surface area contributed by atoms with Crippen LogP contribution >= 0.6 is 11.6 Å². The lowest BCUT2D eigenvalue weighted by Crippen LogP contribution is -2.12. The van der Waals surface area contributed by atoms with E-state index in [0.717, 1.165) is 6.21 Å². The second-order valence-corrected chi connectivity index (χ2v) is 5.68. The van der Waals surface area contributed by atoms with Gasteiger partial charge in [0.1, 0.15) is 17.3 Å². The minimum absolute atomic E-state index is 0.366. The molecule has 1 N–H and O–H groups in total. The van der Waals surface area contributed by atoms with Gasteiger partial charge in [-0.3, -0.25) is 0 Å². The van der Waals surface area contributed by atoms with Gasteiger partial charge in [0.2, 0.25) is 0 Å². The van der Waals surface area contributed by atoms with Crippen LogP contribution in [0.1, 0.15) is 0 Å². The van der Waals surface area contributed by atoms with Gasteiger partial charge in [-0.1, -0.05) is 11.6 Å². The lowest BCUT2D eigenvalue weighted by molar-refractivity contribution is -0.132. The number of halogens is 1. The summed E-state index contributed by atoms with van der Waals surface area (Å²) >= 11 is 5.69. The fraction of sp³-hybridized carbons (Fsp3) is 0.0909. The summed E-state index contributed by atoms with van der Waals surface area (Å²) < 4.78 is 31.5. The molecule has 0 saturated carbocycles. The number of carbonyl (C=O) groups is 1. The van der Waals surface area contributed by atoms with Gasteiger partial charge in [-0.2, -0.15) is 12.8 Å². The highest BCUT2D eigenvalue weighted by atomic mass is 35.5. The van der Waals surface area contributed by atoms with Crippen molar-refractivity contribution >= 4 is 33.8 Å². The molecule has 6 nitrogen and oxygen atoms in total. The molecule has 0 aromatic heterocycles. The van der Waals surface area contributed by atoms with E-state index in [1.54, 1.807) is 24.3 Å². The van der Waals surface area contributed by atoms with E-state index in [9.17, 15) is 13.2 Å². The maximum atomic E-state index is 11.5. The van der Waals surface area contributed by atoms with E-state index in [-0.39, 0.29) is 10.5 Å². The molecule has 0 atom stereocenters. The SMILES string of the molecule is O=C(O)C1=C(COc2ccc(Cl)cc2)S(=O)(=O)N=C1.